The highest BCUT2D eigenvalue weighted by Gasteiger charge is 2.36. The molecule has 4 nitrogen and oxygen atoms in total. The molecule has 0 bridgehead atoms. The van der Waals surface area contributed by atoms with E-state index in [1.807, 2.05) is 6.33 Å². The van der Waals surface area contributed by atoms with Crippen molar-refractivity contribution in [1.29, 1.82) is 0 Å². The molecule has 0 radical (unpaired) electrons. The van der Waals surface area contributed by atoms with E-state index in [1.165, 1.54) is 12.8 Å². The summed E-state index contributed by atoms with van der Waals surface area (Å²) in [5, 5.41) is 12.0. The number of hydrogen-bond acceptors (Lipinski definition) is 3. The van der Waals surface area contributed by atoms with Crippen LogP contribution in [-0.4, -0.2) is 27.9 Å². The number of nitrogens with zero attached hydrogens (tertiary/aromatic N) is 3. The first kappa shape index (κ1) is 11.6. The zero-order valence-electron chi connectivity index (χ0n) is 10.5. The van der Waals surface area contributed by atoms with Crippen LogP contribution >= 0.6 is 0 Å². The lowest BCUT2D eigenvalue weighted by Gasteiger charge is -2.36. The molecule has 90 valence electrons. The highest BCUT2D eigenvalue weighted by molar-refractivity contribution is 5.11. The van der Waals surface area contributed by atoms with Gasteiger partial charge >= 0.3 is 0 Å². The Balaban J connectivity index is 2.35. The normalized spacial score (nSPS) is 26.2. The summed E-state index contributed by atoms with van der Waals surface area (Å²) in [5.74, 6) is 1.16. The van der Waals surface area contributed by atoms with Crippen molar-refractivity contribution in [2.75, 3.05) is 13.1 Å². The van der Waals surface area contributed by atoms with Crippen molar-refractivity contribution in [2.24, 2.45) is 0 Å². The molecule has 0 spiro atoms. The first-order valence-corrected chi connectivity index (χ1v) is 6.30. The van der Waals surface area contributed by atoms with Crippen LogP contribution in [0.3, 0.4) is 0 Å². The highest BCUT2D eigenvalue weighted by Crippen LogP contribution is 2.33. The maximum absolute atomic E-state index is 4.38. The van der Waals surface area contributed by atoms with Gasteiger partial charge in [-0.05, 0) is 39.7 Å². The first-order chi connectivity index (χ1) is 7.69. The largest absolute Gasteiger partial charge is 0.316 e. The summed E-state index contributed by atoms with van der Waals surface area (Å²) >= 11 is 0. The van der Waals surface area contributed by atoms with Crippen LogP contribution in [0.2, 0.25) is 0 Å². The van der Waals surface area contributed by atoms with Crippen LogP contribution in [0.4, 0.5) is 0 Å². The van der Waals surface area contributed by atoms with Gasteiger partial charge in [0.25, 0.3) is 0 Å². The summed E-state index contributed by atoms with van der Waals surface area (Å²) in [7, 11) is 0. The second-order valence-electron chi connectivity index (χ2n) is 5.07. The number of hydrogen-bond donors (Lipinski definition) is 1. The average molecular weight is 222 g/mol. The van der Waals surface area contributed by atoms with Crippen LogP contribution in [-0.2, 0) is 5.41 Å². The van der Waals surface area contributed by atoms with E-state index in [2.05, 4.69) is 40.9 Å². The zero-order valence-corrected chi connectivity index (χ0v) is 10.5. The Kier molecular flexibility index (Phi) is 3.28. The third-order valence-electron chi connectivity index (χ3n) is 3.75. The summed E-state index contributed by atoms with van der Waals surface area (Å²) in [6.45, 7) is 8.80. The van der Waals surface area contributed by atoms with Gasteiger partial charge in [-0.3, -0.25) is 0 Å². The van der Waals surface area contributed by atoms with Crippen molar-refractivity contribution in [3.8, 4) is 0 Å². The molecule has 1 aromatic heterocycles. The Morgan fingerprint density at radius 3 is 2.94 bits per heavy atom. The predicted molar refractivity (Wildman–Crippen MR) is 64.5 cm³/mol. The van der Waals surface area contributed by atoms with E-state index in [0.29, 0.717) is 6.04 Å². The quantitative estimate of drug-likeness (QED) is 0.849. The molecule has 1 unspecified atom stereocenters. The fourth-order valence-electron chi connectivity index (χ4n) is 2.62. The molecule has 1 fully saturated rings. The third kappa shape index (κ3) is 1.86. The summed E-state index contributed by atoms with van der Waals surface area (Å²) in [6, 6.07) is 0.440. The maximum atomic E-state index is 4.38. The molecule has 16 heavy (non-hydrogen) atoms. The minimum absolute atomic E-state index is 0.193. The van der Waals surface area contributed by atoms with Crippen LogP contribution in [0.1, 0.15) is 51.9 Å². The van der Waals surface area contributed by atoms with E-state index in [0.717, 1.165) is 25.3 Å². The molecule has 1 saturated heterocycles. The molecule has 1 aromatic rings. The van der Waals surface area contributed by atoms with E-state index in [-0.39, 0.29) is 5.41 Å². The molecule has 1 atom stereocenters. The van der Waals surface area contributed by atoms with Crippen LogP contribution in [0.25, 0.3) is 0 Å². The van der Waals surface area contributed by atoms with Gasteiger partial charge in [-0.2, -0.15) is 0 Å². The number of rotatable bonds is 3. The fourth-order valence-corrected chi connectivity index (χ4v) is 2.62. The molecular weight excluding hydrogens is 200 g/mol. The van der Waals surface area contributed by atoms with E-state index < -0.39 is 0 Å². The Morgan fingerprint density at radius 1 is 1.56 bits per heavy atom. The van der Waals surface area contributed by atoms with Gasteiger partial charge in [0.15, 0.2) is 0 Å². The van der Waals surface area contributed by atoms with Crippen LogP contribution in [0.5, 0.6) is 0 Å². The Morgan fingerprint density at radius 2 is 2.38 bits per heavy atom. The van der Waals surface area contributed by atoms with Crippen molar-refractivity contribution >= 4 is 0 Å². The standard InChI is InChI=1S/C12H22N4/c1-4-12(6-5-7-13-8-12)11-15-14-9-16(11)10(2)3/h9-10,13H,4-8H2,1-3H3. The number of nitrogens with one attached hydrogen (secondary N) is 1. The molecule has 0 aliphatic carbocycles. The molecule has 0 aromatic carbocycles. The van der Waals surface area contributed by atoms with Crippen molar-refractivity contribution < 1.29 is 0 Å². The molecule has 2 rings (SSSR count). The lowest BCUT2D eigenvalue weighted by Crippen LogP contribution is -2.44. The minimum atomic E-state index is 0.193. The van der Waals surface area contributed by atoms with Gasteiger partial charge < -0.3 is 9.88 Å². The third-order valence-corrected chi connectivity index (χ3v) is 3.75. The molecule has 1 aliphatic heterocycles. The lowest BCUT2D eigenvalue weighted by molar-refractivity contribution is 0.274. The van der Waals surface area contributed by atoms with E-state index in [9.17, 15) is 0 Å². The van der Waals surface area contributed by atoms with Crippen molar-refractivity contribution in [3.63, 3.8) is 0 Å². The smallest absolute Gasteiger partial charge is 0.140 e. The van der Waals surface area contributed by atoms with Gasteiger partial charge in [0.2, 0.25) is 0 Å². The minimum Gasteiger partial charge on any atom is -0.316 e. The summed E-state index contributed by atoms with van der Waals surface area (Å²) in [6.07, 6.45) is 5.46. The fraction of sp³-hybridized carbons (Fsp3) is 0.833. The predicted octanol–water partition coefficient (Wildman–Crippen LogP) is 1.89. The van der Waals surface area contributed by atoms with Crippen LogP contribution < -0.4 is 5.32 Å². The number of piperidine rings is 1. The van der Waals surface area contributed by atoms with Gasteiger partial charge in [0.05, 0.1) is 0 Å². The van der Waals surface area contributed by atoms with E-state index in [4.69, 9.17) is 0 Å². The Bertz CT molecular complexity index is 337. The Labute approximate surface area is 97.5 Å². The van der Waals surface area contributed by atoms with E-state index >= 15 is 0 Å². The molecule has 1 aliphatic rings. The molecular formula is C12H22N4. The van der Waals surface area contributed by atoms with Crippen molar-refractivity contribution in [1.82, 2.24) is 20.1 Å². The maximum Gasteiger partial charge on any atom is 0.140 e. The summed E-state index contributed by atoms with van der Waals surface area (Å²) in [5.41, 5.74) is 0.193. The van der Waals surface area contributed by atoms with Gasteiger partial charge in [-0.1, -0.05) is 6.92 Å². The monoisotopic (exact) mass is 222 g/mol. The molecule has 4 heteroatoms. The van der Waals surface area contributed by atoms with Gasteiger partial charge in [-0.25, -0.2) is 0 Å². The first-order valence-electron chi connectivity index (χ1n) is 6.30. The second kappa shape index (κ2) is 4.53. The topological polar surface area (TPSA) is 42.7 Å². The van der Waals surface area contributed by atoms with Crippen molar-refractivity contribution in [3.05, 3.63) is 12.2 Å². The van der Waals surface area contributed by atoms with Crippen molar-refractivity contribution in [2.45, 2.75) is 51.5 Å². The Hall–Kier alpha value is -0.900. The molecule has 0 saturated carbocycles. The molecule has 2 heterocycles. The lowest BCUT2D eigenvalue weighted by atomic mass is 9.77. The summed E-state index contributed by atoms with van der Waals surface area (Å²) < 4.78 is 2.22. The SMILES string of the molecule is CCC1(c2nncn2C(C)C)CCCNC1. The average Bonchev–Trinajstić information content (AvgIpc) is 2.79. The van der Waals surface area contributed by atoms with Crippen LogP contribution in [0.15, 0.2) is 6.33 Å². The molecule has 0 amide bonds. The van der Waals surface area contributed by atoms with Gasteiger partial charge in [0.1, 0.15) is 12.2 Å². The van der Waals surface area contributed by atoms with Gasteiger partial charge in [0, 0.05) is 18.0 Å². The molecule has 1 N–H and O–H groups in total. The highest BCUT2D eigenvalue weighted by atomic mass is 15.3. The zero-order chi connectivity index (χ0) is 11.6. The summed E-state index contributed by atoms with van der Waals surface area (Å²) in [4.78, 5) is 0. The number of aromatic nitrogens is 3. The van der Waals surface area contributed by atoms with Gasteiger partial charge in [-0.15, -0.1) is 10.2 Å². The van der Waals surface area contributed by atoms with E-state index in [1.54, 1.807) is 0 Å². The second-order valence-corrected chi connectivity index (χ2v) is 5.07. The van der Waals surface area contributed by atoms with Crippen LogP contribution in [0, 0.1) is 0 Å².